The van der Waals surface area contributed by atoms with Crippen LogP contribution in [0.5, 0.6) is 0 Å². The fraction of sp³-hybridized carbons (Fsp3) is 0.273. The molecule has 0 saturated carbocycles. The maximum absolute atomic E-state index is 12.8. The minimum Gasteiger partial charge on any atom is -0.359 e. The lowest BCUT2D eigenvalue weighted by atomic mass is 10.1. The Balaban J connectivity index is 1.33. The number of alkyl halides is 3. The van der Waals surface area contributed by atoms with E-state index in [-0.39, 0.29) is 17.5 Å². The molecule has 0 aliphatic carbocycles. The van der Waals surface area contributed by atoms with Gasteiger partial charge in [0.25, 0.3) is 5.91 Å². The van der Waals surface area contributed by atoms with Crippen LogP contribution in [0.1, 0.15) is 24.0 Å². The molecular weight excluding hydrogens is 411 g/mol. The van der Waals surface area contributed by atoms with E-state index in [1.165, 1.54) is 12.1 Å². The highest BCUT2D eigenvalue weighted by atomic mass is 32.1. The number of hydrogen-bond acceptors (Lipinski definition) is 4. The molecule has 4 rings (SSSR count). The minimum absolute atomic E-state index is 0.172. The molecule has 0 radical (unpaired) electrons. The number of aromatic nitrogens is 1. The van der Waals surface area contributed by atoms with Gasteiger partial charge in [-0.05, 0) is 43.2 Å². The maximum atomic E-state index is 12.8. The van der Waals surface area contributed by atoms with E-state index in [0.717, 1.165) is 40.3 Å². The van der Waals surface area contributed by atoms with Crippen molar-refractivity contribution < 1.29 is 18.0 Å². The number of halogens is 3. The molecule has 8 heteroatoms. The predicted octanol–water partition coefficient (Wildman–Crippen LogP) is 4.77. The fourth-order valence-electron chi connectivity index (χ4n) is 3.31. The number of likely N-dealkylation sites (tertiary alicyclic amines) is 1. The standard InChI is InChI=1S/C22H18F3N3OS/c23-22(24,25)16-5-3-4-15(14-16)8-9-20(29)28-12-10-17(11-13-28)26-21-27-18-6-1-2-7-19(18)30-21/h1-7,14,17H,10-13H2,(H,26,27). The highest BCUT2D eigenvalue weighted by Crippen LogP contribution is 2.29. The number of hydrogen-bond donors (Lipinski definition) is 1. The highest BCUT2D eigenvalue weighted by molar-refractivity contribution is 7.22. The van der Waals surface area contributed by atoms with Crippen LogP contribution in [0.25, 0.3) is 10.2 Å². The SMILES string of the molecule is O=C(C#Cc1cccc(C(F)(F)F)c1)N1CCC(Nc2nc3ccccc3s2)CC1. The van der Waals surface area contributed by atoms with Gasteiger partial charge in [0.05, 0.1) is 15.8 Å². The molecule has 0 bridgehead atoms. The Morgan fingerprint density at radius 1 is 1.13 bits per heavy atom. The molecule has 2 heterocycles. The lowest BCUT2D eigenvalue weighted by molar-refractivity contribution is -0.137. The van der Waals surface area contributed by atoms with Gasteiger partial charge in [0, 0.05) is 30.6 Å². The lowest BCUT2D eigenvalue weighted by Gasteiger charge is -2.31. The van der Waals surface area contributed by atoms with Crippen molar-refractivity contribution in [3.63, 3.8) is 0 Å². The Labute approximate surface area is 175 Å². The van der Waals surface area contributed by atoms with Crippen LogP contribution in [0.4, 0.5) is 18.3 Å². The number of thiazole rings is 1. The molecule has 4 nitrogen and oxygen atoms in total. The largest absolute Gasteiger partial charge is 0.416 e. The minimum atomic E-state index is -4.43. The van der Waals surface area contributed by atoms with Gasteiger partial charge < -0.3 is 10.2 Å². The van der Waals surface area contributed by atoms with Crippen LogP contribution in [0.2, 0.25) is 0 Å². The number of anilines is 1. The second kappa shape index (κ2) is 8.36. The molecule has 1 aliphatic rings. The molecule has 3 aromatic rings. The van der Waals surface area contributed by atoms with Crippen LogP contribution in [0.15, 0.2) is 48.5 Å². The van der Waals surface area contributed by atoms with Gasteiger partial charge in [-0.2, -0.15) is 13.2 Å². The predicted molar refractivity (Wildman–Crippen MR) is 111 cm³/mol. The van der Waals surface area contributed by atoms with E-state index in [2.05, 4.69) is 22.1 Å². The zero-order chi connectivity index (χ0) is 21.1. The van der Waals surface area contributed by atoms with Gasteiger partial charge in [-0.15, -0.1) is 0 Å². The van der Waals surface area contributed by atoms with Crippen LogP contribution in [0.3, 0.4) is 0 Å². The molecule has 0 unspecified atom stereocenters. The quantitative estimate of drug-likeness (QED) is 0.597. The first kappa shape index (κ1) is 20.2. The van der Waals surface area contributed by atoms with Crippen molar-refractivity contribution in [3.8, 4) is 11.8 Å². The van der Waals surface area contributed by atoms with Crippen LogP contribution in [0, 0.1) is 11.8 Å². The zero-order valence-corrected chi connectivity index (χ0v) is 16.7. The number of nitrogens with zero attached hydrogens (tertiary/aromatic N) is 2. The molecular formula is C22H18F3N3OS. The third kappa shape index (κ3) is 4.74. The van der Waals surface area contributed by atoms with Gasteiger partial charge in [-0.1, -0.05) is 35.5 Å². The number of nitrogens with one attached hydrogen (secondary N) is 1. The number of rotatable bonds is 2. The number of benzene rings is 2. The average molecular weight is 429 g/mol. The summed E-state index contributed by atoms with van der Waals surface area (Å²) in [6.07, 6.45) is -2.92. The topological polar surface area (TPSA) is 45.2 Å². The molecule has 1 saturated heterocycles. The first-order valence-corrected chi connectivity index (χ1v) is 10.3. The number of carbonyl (C=O) groups excluding carboxylic acids is 1. The summed E-state index contributed by atoms with van der Waals surface area (Å²) in [5.41, 5.74) is 0.358. The second-order valence-corrected chi connectivity index (χ2v) is 8.06. The van der Waals surface area contributed by atoms with Crippen LogP contribution >= 0.6 is 11.3 Å². The molecule has 154 valence electrons. The Hall–Kier alpha value is -3.05. The summed E-state index contributed by atoms with van der Waals surface area (Å²) < 4.78 is 39.5. The van der Waals surface area contributed by atoms with Crippen molar-refractivity contribution in [1.82, 2.24) is 9.88 Å². The van der Waals surface area contributed by atoms with Gasteiger partial charge in [-0.3, -0.25) is 4.79 Å². The Morgan fingerprint density at radius 3 is 2.63 bits per heavy atom. The zero-order valence-electron chi connectivity index (χ0n) is 15.9. The first-order chi connectivity index (χ1) is 14.4. The Bertz CT molecular complexity index is 1090. The molecule has 0 spiro atoms. The van der Waals surface area contributed by atoms with Crippen molar-refractivity contribution in [2.24, 2.45) is 0 Å². The number of amides is 1. The number of para-hydroxylation sites is 1. The van der Waals surface area contributed by atoms with Crippen molar-refractivity contribution in [1.29, 1.82) is 0 Å². The summed E-state index contributed by atoms with van der Waals surface area (Å²) in [5, 5.41) is 4.30. The number of carbonyl (C=O) groups is 1. The van der Waals surface area contributed by atoms with Crippen LogP contribution in [-0.4, -0.2) is 34.9 Å². The van der Waals surface area contributed by atoms with E-state index < -0.39 is 11.7 Å². The molecule has 2 aromatic carbocycles. The molecule has 30 heavy (non-hydrogen) atoms. The van der Waals surface area contributed by atoms with Gasteiger partial charge in [0.1, 0.15) is 0 Å². The smallest absolute Gasteiger partial charge is 0.359 e. The summed E-state index contributed by atoms with van der Waals surface area (Å²) in [6.45, 7) is 1.08. The highest BCUT2D eigenvalue weighted by Gasteiger charge is 2.30. The monoisotopic (exact) mass is 429 g/mol. The van der Waals surface area contributed by atoms with Crippen molar-refractivity contribution in [2.45, 2.75) is 25.1 Å². The van der Waals surface area contributed by atoms with Gasteiger partial charge in [-0.25, -0.2) is 4.98 Å². The number of piperidine rings is 1. The van der Waals surface area contributed by atoms with E-state index in [4.69, 9.17) is 0 Å². The van der Waals surface area contributed by atoms with Crippen molar-refractivity contribution >= 4 is 32.6 Å². The third-order valence-corrected chi connectivity index (χ3v) is 5.87. The van der Waals surface area contributed by atoms with Crippen LogP contribution < -0.4 is 5.32 Å². The van der Waals surface area contributed by atoms with E-state index in [0.29, 0.717) is 13.1 Å². The van der Waals surface area contributed by atoms with Gasteiger partial charge >= 0.3 is 6.18 Å². The Morgan fingerprint density at radius 2 is 1.90 bits per heavy atom. The van der Waals surface area contributed by atoms with Gasteiger partial charge in [0.15, 0.2) is 5.13 Å². The second-order valence-electron chi connectivity index (χ2n) is 7.03. The molecule has 1 fully saturated rings. The van der Waals surface area contributed by atoms with Crippen molar-refractivity contribution in [3.05, 3.63) is 59.7 Å². The fourth-order valence-corrected chi connectivity index (χ4v) is 4.26. The van der Waals surface area contributed by atoms with E-state index in [1.54, 1.807) is 16.2 Å². The molecule has 1 amide bonds. The summed E-state index contributed by atoms with van der Waals surface area (Å²) in [5.74, 6) is 4.65. The lowest BCUT2D eigenvalue weighted by Crippen LogP contribution is -2.41. The van der Waals surface area contributed by atoms with Crippen LogP contribution in [-0.2, 0) is 11.0 Å². The first-order valence-electron chi connectivity index (χ1n) is 9.49. The Kier molecular flexibility index (Phi) is 5.64. The van der Waals surface area contributed by atoms with Crippen molar-refractivity contribution in [2.75, 3.05) is 18.4 Å². The average Bonchev–Trinajstić information content (AvgIpc) is 3.14. The maximum Gasteiger partial charge on any atom is 0.416 e. The molecule has 0 atom stereocenters. The van der Waals surface area contributed by atoms with E-state index in [9.17, 15) is 18.0 Å². The number of fused-ring (bicyclic) bond motifs is 1. The molecule has 1 aromatic heterocycles. The molecule has 1 aliphatic heterocycles. The normalized spacial score (nSPS) is 15.0. The summed E-state index contributed by atoms with van der Waals surface area (Å²) in [4.78, 5) is 18.5. The van der Waals surface area contributed by atoms with E-state index in [1.807, 2.05) is 24.3 Å². The molecule has 1 N–H and O–H groups in total. The summed E-state index contributed by atoms with van der Waals surface area (Å²) in [6, 6.07) is 12.8. The summed E-state index contributed by atoms with van der Waals surface area (Å²) in [7, 11) is 0. The van der Waals surface area contributed by atoms with E-state index >= 15 is 0 Å². The van der Waals surface area contributed by atoms with Gasteiger partial charge in [0.2, 0.25) is 0 Å². The third-order valence-electron chi connectivity index (χ3n) is 4.91. The summed E-state index contributed by atoms with van der Waals surface area (Å²) >= 11 is 1.60.